The number of thiazole rings is 1. The van der Waals surface area contributed by atoms with Gasteiger partial charge in [0.2, 0.25) is 0 Å². The number of aromatic nitrogens is 1. The topological polar surface area (TPSA) is 59.1 Å². The third kappa shape index (κ3) is 3.69. The van der Waals surface area contributed by atoms with Gasteiger partial charge in [-0.1, -0.05) is 0 Å². The lowest BCUT2D eigenvalue weighted by atomic mass is 10.0. The number of hydrogen-bond acceptors (Lipinski definition) is 4. The lowest BCUT2D eigenvalue weighted by Gasteiger charge is -2.24. The van der Waals surface area contributed by atoms with Crippen LogP contribution in [0.3, 0.4) is 0 Å². The quantitative estimate of drug-likeness (QED) is 0.842. The van der Waals surface area contributed by atoms with E-state index in [9.17, 15) is 8.42 Å². The summed E-state index contributed by atoms with van der Waals surface area (Å²) in [6, 6.07) is 0. The highest BCUT2D eigenvalue weighted by Crippen LogP contribution is 2.21. The predicted molar refractivity (Wildman–Crippen MR) is 66.6 cm³/mol. The smallest absolute Gasteiger partial charge is 0.249 e. The minimum absolute atomic E-state index is 0.243. The summed E-state index contributed by atoms with van der Waals surface area (Å²) < 4.78 is 26.8. The number of sulfonamides is 1. The van der Waals surface area contributed by atoms with Gasteiger partial charge in [-0.05, 0) is 27.2 Å². The molecule has 16 heavy (non-hydrogen) atoms. The predicted octanol–water partition coefficient (Wildman–Crippen LogP) is 2.14. The van der Waals surface area contributed by atoms with E-state index >= 15 is 0 Å². The molecule has 92 valence electrons. The standard InChI is InChI=1S/C9H15ClN2O2S2/c1-7-11-6-8(15-7)16(13,14)12-9(2,3)4-5-10/h6,12H,4-5H2,1-3H3. The highest BCUT2D eigenvalue weighted by Gasteiger charge is 2.26. The van der Waals surface area contributed by atoms with Gasteiger partial charge in [0.1, 0.15) is 0 Å². The van der Waals surface area contributed by atoms with Crippen LogP contribution in [0.25, 0.3) is 0 Å². The number of rotatable bonds is 5. The molecule has 0 aliphatic heterocycles. The molecule has 7 heteroatoms. The van der Waals surface area contributed by atoms with Crippen LogP contribution in [0, 0.1) is 6.92 Å². The van der Waals surface area contributed by atoms with E-state index in [4.69, 9.17) is 11.6 Å². The Hall–Kier alpha value is -0.170. The first kappa shape index (κ1) is 13.9. The molecule has 0 atom stereocenters. The lowest BCUT2D eigenvalue weighted by Crippen LogP contribution is -2.43. The molecule has 0 aromatic carbocycles. The van der Waals surface area contributed by atoms with E-state index in [1.165, 1.54) is 6.20 Å². The highest BCUT2D eigenvalue weighted by atomic mass is 35.5. The summed E-state index contributed by atoms with van der Waals surface area (Å²) in [7, 11) is -3.47. The average molecular weight is 283 g/mol. The molecule has 1 aromatic rings. The van der Waals surface area contributed by atoms with Crippen molar-refractivity contribution in [1.29, 1.82) is 0 Å². The fraction of sp³-hybridized carbons (Fsp3) is 0.667. The van der Waals surface area contributed by atoms with Gasteiger partial charge in [0.05, 0.1) is 11.2 Å². The van der Waals surface area contributed by atoms with Gasteiger partial charge in [-0.15, -0.1) is 22.9 Å². The zero-order valence-electron chi connectivity index (χ0n) is 9.45. The Labute approximate surface area is 105 Å². The van der Waals surface area contributed by atoms with Gasteiger partial charge in [0, 0.05) is 11.4 Å². The van der Waals surface area contributed by atoms with Crippen LogP contribution in [0.4, 0.5) is 0 Å². The zero-order chi connectivity index (χ0) is 12.4. The summed E-state index contributed by atoms with van der Waals surface area (Å²) in [5.74, 6) is 0.414. The third-order valence-electron chi connectivity index (χ3n) is 2.00. The SMILES string of the molecule is Cc1ncc(S(=O)(=O)NC(C)(C)CCCl)s1. The van der Waals surface area contributed by atoms with Gasteiger partial charge in [-0.3, -0.25) is 0 Å². The maximum Gasteiger partial charge on any atom is 0.252 e. The number of aryl methyl sites for hydroxylation is 1. The monoisotopic (exact) mass is 282 g/mol. The lowest BCUT2D eigenvalue weighted by molar-refractivity contribution is 0.442. The molecule has 0 fully saturated rings. The number of hydrogen-bond donors (Lipinski definition) is 1. The molecular formula is C9H15ClN2O2S2. The van der Waals surface area contributed by atoms with E-state index in [1.807, 2.05) is 0 Å². The van der Waals surface area contributed by atoms with Gasteiger partial charge in [0.15, 0.2) is 4.21 Å². The van der Waals surface area contributed by atoms with Crippen molar-refractivity contribution in [3.05, 3.63) is 11.2 Å². The third-order valence-corrected chi connectivity index (χ3v) is 5.26. The second-order valence-electron chi connectivity index (χ2n) is 4.13. The molecule has 0 amide bonds. The number of alkyl halides is 1. The molecule has 0 saturated carbocycles. The highest BCUT2D eigenvalue weighted by molar-refractivity contribution is 7.91. The van der Waals surface area contributed by atoms with Crippen LogP contribution in [-0.2, 0) is 10.0 Å². The molecular weight excluding hydrogens is 268 g/mol. The van der Waals surface area contributed by atoms with Gasteiger partial charge in [-0.2, -0.15) is 0 Å². The zero-order valence-corrected chi connectivity index (χ0v) is 11.8. The minimum Gasteiger partial charge on any atom is -0.249 e. The summed E-state index contributed by atoms with van der Waals surface area (Å²) in [5.41, 5.74) is -0.543. The molecule has 0 unspecified atom stereocenters. The second-order valence-corrected chi connectivity index (χ2v) is 7.65. The molecule has 1 rings (SSSR count). The molecule has 1 N–H and O–H groups in total. The molecule has 0 aliphatic rings. The van der Waals surface area contributed by atoms with Crippen LogP contribution >= 0.6 is 22.9 Å². The molecule has 1 heterocycles. The Balaban J connectivity index is 2.88. The van der Waals surface area contributed by atoms with Gasteiger partial charge in [0.25, 0.3) is 10.0 Å². The largest absolute Gasteiger partial charge is 0.252 e. The molecule has 1 aromatic heterocycles. The van der Waals surface area contributed by atoms with Crippen molar-refractivity contribution in [1.82, 2.24) is 9.71 Å². The maximum atomic E-state index is 12.0. The van der Waals surface area contributed by atoms with Crippen LogP contribution in [0.5, 0.6) is 0 Å². The molecule has 0 bridgehead atoms. The van der Waals surface area contributed by atoms with Crippen molar-refractivity contribution in [3.63, 3.8) is 0 Å². The molecule has 0 radical (unpaired) electrons. The van der Waals surface area contributed by atoms with Crippen molar-refractivity contribution >= 4 is 33.0 Å². The van der Waals surface area contributed by atoms with E-state index in [-0.39, 0.29) is 4.21 Å². The Morgan fingerprint density at radius 1 is 1.56 bits per heavy atom. The summed E-state index contributed by atoms with van der Waals surface area (Å²) in [4.78, 5) is 3.93. The maximum absolute atomic E-state index is 12.0. The minimum atomic E-state index is -3.47. The van der Waals surface area contributed by atoms with Crippen molar-refractivity contribution in [2.75, 3.05) is 5.88 Å². The van der Waals surface area contributed by atoms with Crippen molar-refractivity contribution in [2.45, 2.75) is 36.9 Å². The van der Waals surface area contributed by atoms with Crippen LogP contribution in [-0.4, -0.2) is 24.8 Å². The fourth-order valence-corrected chi connectivity index (χ4v) is 4.19. The van der Waals surface area contributed by atoms with Crippen molar-refractivity contribution in [2.24, 2.45) is 0 Å². The molecule has 4 nitrogen and oxygen atoms in total. The first-order valence-corrected chi connectivity index (χ1v) is 7.63. The average Bonchev–Trinajstić information content (AvgIpc) is 2.49. The van der Waals surface area contributed by atoms with E-state index < -0.39 is 15.6 Å². The molecule has 0 saturated heterocycles. The number of halogens is 1. The summed E-state index contributed by atoms with van der Waals surface area (Å²) >= 11 is 6.78. The van der Waals surface area contributed by atoms with Gasteiger partial charge < -0.3 is 0 Å². The van der Waals surface area contributed by atoms with Gasteiger partial charge in [-0.25, -0.2) is 18.1 Å². The number of nitrogens with one attached hydrogen (secondary N) is 1. The van der Waals surface area contributed by atoms with Crippen LogP contribution in [0.2, 0.25) is 0 Å². The van der Waals surface area contributed by atoms with E-state index in [1.54, 1.807) is 20.8 Å². The Kier molecular flexibility index (Phi) is 4.34. The van der Waals surface area contributed by atoms with Crippen LogP contribution in [0.1, 0.15) is 25.3 Å². The Morgan fingerprint density at radius 3 is 2.62 bits per heavy atom. The summed E-state index contributed by atoms with van der Waals surface area (Å²) in [6.07, 6.45) is 1.95. The molecule has 0 aliphatic carbocycles. The van der Waals surface area contributed by atoms with E-state index in [0.717, 1.165) is 16.3 Å². The fourth-order valence-electron chi connectivity index (χ4n) is 1.17. The van der Waals surface area contributed by atoms with Crippen molar-refractivity contribution < 1.29 is 8.42 Å². The van der Waals surface area contributed by atoms with Crippen LogP contribution < -0.4 is 4.72 Å². The Morgan fingerprint density at radius 2 is 2.19 bits per heavy atom. The second kappa shape index (κ2) is 5.00. The summed E-state index contributed by atoms with van der Waals surface area (Å²) in [5, 5.41) is 0.732. The van der Waals surface area contributed by atoms with Crippen LogP contribution in [0.15, 0.2) is 10.4 Å². The Bertz CT molecular complexity index is 454. The first-order chi connectivity index (χ1) is 7.27. The normalized spacial score (nSPS) is 13.0. The molecule has 0 spiro atoms. The summed E-state index contributed by atoms with van der Waals surface area (Å²) in [6.45, 7) is 5.38. The van der Waals surface area contributed by atoms with Gasteiger partial charge >= 0.3 is 0 Å². The van der Waals surface area contributed by atoms with Crippen molar-refractivity contribution in [3.8, 4) is 0 Å². The van der Waals surface area contributed by atoms with E-state index in [0.29, 0.717) is 12.3 Å². The first-order valence-electron chi connectivity index (χ1n) is 4.79. The number of nitrogens with zero attached hydrogens (tertiary/aromatic N) is 1. The van der Waals surface area contributed by atoms with E-state index in [2.05, 4.69) is 9.71 Å².